The van der Waals surface area contributed by atoms with Gasteiger partial charge in [-0.1, -0.05) is 0 Å². The van der Waals surface area contributed by atoms with Gasteiger partial charge >= 0.3 is 5.97 Å². The molecule has 1 amide bonds. The Bertz CT molecular complexity index is 528. The van der Waals surface area contributed by atoms with E-state index in [4.69, 9.17) is 9.84 Å². The SMILES string of the molecule is CC(C)N(CC(=O)O)C(=O)c1cc2c(cn1)OCCC2. The third-order valence-corrected chi connectivity index (χ3v) is 3.21. The number of aryl methyl sites for hydroxylation is 1. The first kappa shape index (κ1) is 14.3. The van der Waals surface area contributed by atoms with E-state index >= 15 is 0 Å². The molecule has 0 aromatic carbocycles. The highest BCUT2D eigenvalue weighted by molar-refractivity contribution is 5.94. The molecule has 0 radical (unpaired) electrons. The van der Waals surface area contributed by atoms with Crippen molar-refractivity contribution in [1.82, 2.24) is 9.88 Å². The van der Waals surface area contributed by atoms with E-state index < -0.39 is 5.97 Å². The van der Waals surface area contributed by atoms with E-state index in [9.17, 15) is 9.59 Å². The number of carboxylic acid groups (broad SMARTS) is 1. The molecular formula is C14H18N2O4. The van der Waals surface area contributed by atoms with Crippen molar-refractivity contribution in [2.24, 2.45) is 0 Å². The second kappa shape index (κ2) is 5.90. The van der Waals surface area contributed by atoms with Crippen LogP contribution in [0.1, 0.15) is 36.3 Å². The molecule has 1 aliphatic heterocycles. The molecule has 6 heteroatoms. The number of hydrogen-bond acceptors (Lipinski definition) is 4. The van der Waals surface area contributed by atoms with Crippen LogP contribution in [0.5, 0.6) is 5.75 Å². The van der Waals surface area contributed by atoms with E-state index in [-0.39, 0.29) is 24.2 Å². The van der Waals surface area contributed by atoms with E-state index in [0.29, 0.717) is 12.4 Å². The van der Waals surface area contributed by atoms with Crippen molar-refractivity contribution in [3.05, 3.63) is 23.5 Å². The van der Waals surface area contributed by atoms with Crippen molar-refractivity contribution in [3.63, 3.8) is 0 Å². The number of ether oxygens (including phenoxy) is 1. The van der Waals surface area contributed by atoms with Gasteiger partial charge in [-0.2, -0.15) is 0 Å². The van der Waals surface area contributed by atoms with Gasteiger partial charge in [-0.25, -0.2) is 4.98 Å². The average molecular weight is 278 g/mol. The minimum Gasteiger partial charge on any atom is -0.492 e. The summed E-state index contributed by atoms with van der Waals surface area (Å²) >= 11 is 0. The predicted octanol–water partition coefficient (Wildman–Crippen LogP) is 1.34. The summed E-state index contributed by atoms with van der Waals surface area (Å²) in [6.07, 6.45) is 3.30. The largest absolute Gasteiger partial charge is 0.492 e. The molecule has 1 N–H and O–H groups in total. The number of carbonyl (C=O) groups excluding carboxylic acids is 1. The summed E-state index contributed by atoms with van der Waals surface area (Å²) in [6, 6.07) is 1.50. The van der Waals surface area contributed by atoms with Crippen LogP contribution >= 0.6 is 0 Å². The fraction of sp³-hybridized carbons (Fsp3) is 0.500. The number of amides is 1. The molecule has 0 bridgehead atoms. The van der Waals surface area contributed by atoms with Crippen molar-refractivity contribution < 1.29 is 19.4 Å². The number of carboxylic acids is 1. The van der Waals surface area contributed by atoms with Gasteiger partial charge in [-0.05, 0) is 38.3 Å². The van der Waals surface area contributed by atoms with Gasteiger partial charge in [0.1, 0.15) is 18.0 Å². The molecule has 6 nitrogen and oxygen atoms in total. The van der Waals surface area contributed by atoms with E-state index in [1.165, 1.54) is 4.90 Å². The van der Waals surface area contributed by atoms with Crippen LogP contribution in [0.3, 0.4) is 0 Å². The van der Waals surface area contributed by atoms with Crippen molar-refractivity contribution in [2.75, 3.05) is 13.2 Å². The molecule has 0 fully saturated rings. The topological polar surface area (TPSA) is 79.7 Å². The lowest BCUT2D eigenvalue weighted by atomic mass is 10.1. The number of rotatable bonds is 4. The maximum absolute atomic E-state index is 12.4. The van der Waals surface area contributed by atoms with Gasteiger partial charge in [0.05, 0.1) is 12.8 Å². The molecule has 1 aromatic rings. The van der Waals surface area contributed by atoms with Gasteiger partial charge in [-0.15, -0.1) is 0 Å². The normalized spacial score (nSPS) is 13.6. The fourth-order valence-corrected chi connectivity index (χ4v) is 2.15. The summed E-state index contributed by atoms with van der Waals surface area (Å²) in [4.78, 5) is 28.6. The smallest absolute Gasteiger partial charge is 0.323 e. The highest BCUT2D eigenvalue weighted by atomic mass is 16.5. The second-order valence-electron chi connectivity index (χ2n) is 5.05. The van der Waals surface area contributed by atoms with Gasteiger partial charge in [0.2, 0.25) is 0 Å². The third kappa shape index (κ3) is 3.07. The molecule has 0 saturated heterocycles. The minimum absolute atomic E-state index is 0.201. The van der Waals surface area contributed by atoms with Gasteiger partial charge < -0.3 is 14.7 Å². The Hall–Kier alpha value is -2.11. The Morgan fingerprint density at radius 3 is 2.90 bits per heavy atom. The van der Waals surface area contributed by atoms with E-state index in [1.807, 2.05) is 0 Å². The molecule has 2 heterocycles. The van der Waals surface area contributed by atoms with Crippen LogP contribution in [-0.4, -0.2) is 46.1 Å². The Kier molecular flexibility index (Phi) is 4.22. The summed E-state index contributed by atoms with van der Waals surface area (Å²) in [5.74, 6) is -0.689. The van der Waals surface area contributed by atoms with Crippen LogP contribution in [0.25, 0.3) is 0 Å². The zero-order valence-electron chi connectivity index (χ0n) is 11.6. The second-order valence-corrected chi connectivity index (χ2v) is 5.05. The van der Waals surface area contributed by atoms with Gasteiger partial charge in [0, 0.05) is 6.04 Å². The molecule has 2 rings (SSSR count). The van der Waals surface area contributed by atoms with Crippen LogP contribution in [-0.2, 0) is 11.2 Å². The molecule has 20 heavy (non-hydrogen) atoms. The molecule has 108 valence electrons. The maximum Gasteiger partial charge on any atom is 0.323 e. The first-order valence-electron chi connectivity index (χ1n) is 6.63. The lowest BCUT2D eigenvalue weighted by Gasteiger charge is -2.25. The zero-order chi connectivity index (χ0) is 14.7. The lowest BCUT2D eigenvalue weighted by molar-refractivity contribution is -0.138. The van der Waals surface area contributed by atoms with Crippen molar-refractivity contribution >= 4 is 11.9 Å². The summed E-state index contributed by atoms with van der Waals surface area (Å²) in [5, 5.41) is 8.89. The predicted molar refractivity (Wildman–Crippen MR) is 71.9 cm³/mol. The molecule has 0 saturated carbocycles. The van der Waals surface area contributed by atoms with Gasteiger partial charge in [0.15, 0.2) is 0 Å². The number of aromatic nitrogens is 1. The average Bonchev–Trinajstić information content (AvgIpc) is 2.43. The molecule has 0 aliphatic carbocycles. The number of fused-ring (bicyclic) bond motifs is 1. The van der Waals surface area contributed by atoms with Gasteiger partial charge in [0.25, 0.3) is 5.91 Å². The highest BCUT2D eigenvalue weighted by Gasteiger charge is 2.23. The summed E-state index contributed by atoms with van der Waals surface area (Å²) < 4.78 is 5.45. The maximum atomic E-state index is 12.4. The van der Waals surface area contributed by atoms with Crippen molar-refractivity contribution in [2.45, 2.75) is 32.7 Å². The Labute approximate surface area is 117 Å². The number of carbonyl (C=O) groups is 2. The first-order chi connectivity index (χ1) is 9.49. The summed E-state index contributed by atoms with van der Waals surface area (Å²) in [6.45, 7) is 3.90. The van der Waals surface area contributed by atoms with Crippen LogP contribution in [0.15, 0.2) is 12.3 Å². The molecular weight excluding hydrogens is 260 g/mol. The molecule has 0 spiro atoms. The fourth-order valence-electron chi connectivity index (χ4n) is 2.15. The molecule has 1 aromatic heterocycles. The standard InChI is InChI=1S/C14H18N2O4/c1-9(2)16(8-13(17)18)14(19)11-6-10-4-3-5-20-12(10)7-15-11/h6-7,9H,3-5,8H2,1-2H3,(H,17,18). The van der Waals surface area contributed by atoms with Crippen LogP contribution in [0, 0.1) is 0 Å². The Balaban J connectivity index is 2.24. The Morgan fingerprint density at radius 1 is 1.50 bits per heavy atom. The number of pyridine rings is 1. The Morgan fingerprint density at radius 2 is 2.25 bits per heavy atom. The number of aliphatic carboxylic acids is 1. The summed E-state index contributed by atoms with van der Waals surface area (Å²) in [7, 11) is 0. The molecule has 1 aliphatic rings. The minimum atomic E-state index is -1.03. The van der Waals surface area contributed by atoms with Crippen molar-refractivity contribution in [3.8, 4) is 5.75 Å². The van der Waals surface area contributed by atoms with E-state index in [0.717, 1.165) is 18.4 Å². The monoisotopic (exact) mass is 278 g/mol. The molecule has 0 atom stereocenters. The van der Waals surface area contributed by atoms with E-state index in [1.54, 1.807) is 26.1 Å². The third-order valence-electron chi connectivity index (χ3n) is 3.21. The zero-order valence-corrected chi connectivity index (χ0v) is 11.6. The van der Waals surface area contributed by atoms with Gasteiger partial charge in [-0.3, -0.25) is 9.59 Å². The van der Waals surface area contributed by atoms with Crippen LogP contribution in [0.2, 0.25) is 0 Å². The quantitative estimate of drug-likeness (QED) is 0.899. The number of nitrogens with zero attached hydrogens (tertiary/aromatic N) is 2. The van der Waals surface area contributed by atoms with Crippen LogP contribution in [0.4, 0.5) is 0 Å². The van der Waals surface area contributed by atoms with Crippen LogP contribution < -0.4 is 4.74 Å². The molecule has 0 unspecified atom stereocenters. The summed E-state index contributed by atoms with van der Waals surface area (Å²) in [5.41, 5.74) is 1.22. The highest BCUT2D eigenvalue weighted by Crippen LogP contribution is 2.24. The van der Waals surface area contributed by atoms with Crippen molar-refractivity contribution in [1.29, 1.82) is 0 Å². The van der Waals surface area contributed by atoms with E-state index in [2.05, 4.69) is 4.98 Å². The lowest BCUT2D eigenvalue weighted by Crippen LogP contribution is -2.41. The number of hydrogen-bond donors (Lipinski definition) is 1. The first-order valence-corrected chi connectivity index (χ1v) is 6.63.